The normalized spacial score (nSPS) is 16.0. The van der Waals surface area contributed by atoms with Crippen LogP contribution in [0.2, 0.25) is 0 Å². The van der Waals surface area contributed by atoms with E-state index in [1.54, 1.807) is 6.92 Å². The van der Waals surface area contributed by atoms with E-state index >= 15 is 0 Å². The van der Waals surface area contributed by atoms with Crippen molar-refractivity contribution in [3.8, 4) is 11.1 Å². The molecule has 256 valence electrons. The van der Waals surface area contributed by atoms with Gasteiger partial charge in [0, 0.05) is 17.9 Å². The van der Waals surface area contributed by atoms with Crippen molar-refractivity contribution in [2.24, 2.45) is 11.8 Å². The quantitative estimate of drug-likeness (QED) is 0.0627. The number of esters is 1. The van der Waals surface area contributed by atoms with Gasteiger partial charge < -0.3 is 4.74 Å². The monoisotopic (exact) mass is 638 g/mol. The van der Waals surface area contributed by atoms with Crippen molar-refractivity contribution in [3.63, 3.8) is 0 Å². The lowest BCUT2D eigenvalue weighted by molar-refractivity contribution is -0.139. The first kappa shape index (κ1) is 38.2. The van der Waals surface area contributed by atoms with E-state index in [0.29, 0.717) is 30.1 Å². The molecule has 1 aliphatic carbocycles. The van der Waals surface area contributed by atoms with Crippen molar-refractivity contribution in [1.29, 1.82) is 0 Å². The van der Waals surface area contributed by atoms with Crippen molar-refractivity contribution < 1.29 is 14.3 Å². The third kappa shape index (κ3) is 11.8. The summed E-state index contributed by atoms with van der Waals surface area (Å²) < 4.78 is 5.49. The minimum absolute atomic E-state index is 0.169. The van der Waals surface area contributed by atoms with Crippen molar-refractivity contribution in [2.45, 2.75) is 137 Å². The van der Waals surface area contributed by atoms with Crippen LogP contribution in [0.5, 0.6) is 0 Å². The van der Waals surface area contributed by atoms with E-state index in [-0.39, 0.29) is 11.8 Å². The number of unbranched alkanes of at least 4 members (excludes halogenated alkanes) is 1. The van der Waals surface area contributed by atoms with Gasteiger partial charge in [-0.25, -0.2) is 4.79 Å². The highest BCUT2D eigenvalue weighted by atomic mass is 16.5. The molecule has 0 amide bonds. The van der Waals surface area contributed by atoms with E-state index in [2.05, 4.69) is 83.3 Å². The summed E-state index contributed by atoms with van der Waals surface area (Å²) in [7, 11) is 0. The van der Waals surface area contributed by atoms with Gasteiger partial charge >= 0.3 is 5.97 Å². The number of ketones is 1. The lowest BCUT2D eigenvalue weighted by Crippen LogP contribution is -2.09. The summed E-state index contributed by atoms with van der Waals surface area (Å²) in [4.78, 5) is 24.3. The smallest absolute Gasteiger partial charge is 0.333 e. The van der Waals surface area contributed by atoms with Crippen LogP contribution in [0.4, 0.5) is 0 Å². The Labute approximate surface area is 287 Å². The van der Waals surface area contributed by atoms with E-state index in [9.17, 15) is 9.59 Å². The van der Waals surface area contributed by atoms with Gasteiger partial charge in [-0.05, 0) is 141 Å². The lowest BCUT2D eigenvalue weighted by Gasteiger charge is -2.23. The first-order valence-corrected chi connectivity index (χ1v) is 18.5. The highest BCUT2D eigenvalue weighted by molar-refractivity contribution is 5.94. The number of hydrogen-bond donors (Lipinski definition) is 0. The molecule has 0 N–H and O–H groups in total. The van der Waals surface area contributed by atoms with Gasteiger partial charge in [0.05, 0.1) is 6.61 Å². The third-order valence-electron chi connectivity index (χ3n) is 10.4. The summed E-state index contributed by atoms with van der Waals surface area (Å²) in [6, 6.07) is 11.9. The zero-order valence-corrected chi connectivity index (χ0v) is 30.5. The average molecular weight is 639 g/mol. The molecule has 0 bridgehead atoms. The molecule has 0 spiro atoms. The van der Waals surface area contributed by atoms with E-state index in [4.69, 9.17) is 4.74 Å². The second-order valence-electron chi connectivity index (χ2n) is 14.1. The Kier molecular flexibility index (Phi) is 15.9. The van der Waals surface area contributed by atoms with Gasteiger partial charge in [0.25, 0.3) is 0 Å². The summed E-state index contributed by atoms with van der Waals surface area (Å²) in [5.74, 6) is 1.84. The highest BCUT2D eigenvalue weighted by Crippen LogP contribution is 2.36. The summed E-state index contributed by atoms with van der Waals surface area (Å²) in [5.41, 5.74) is 10.6. The maximum absolute atomic E-state index is 12.3. The van der Waals surface area contributed by atoms with E-state index < -0.39 is 0 Å². The van der Waals surface area contributed by atoms with Crippen molar-refractivity contribution in [3.05, 3.63) is 94.6 Å². The van der Waals surface area contributed by atoms with Crippen molar-refractivity contribution in [2.75, 3.05) is 6.61 Å². The number of aryl methyl sites for hydroxylation is 3. The van der Waals surface area contributed by atoms with E-state index in [1.165, 1.54) is 83.9 Å². The molecule has 0 saturated heterocycles. The molecule has 3 rings (SSSR count). The lowest BCUT2D eigenvalue weighted by atomic mass is 9.82. The molecule has 1 aliphatic rings. The van der Waals surface area contributed by atoms with Crippen LogP contribution in [-0.2, 0) is 33.6 Å². The summed E-state index contributed by atoms with van der Waals surface area (Å²) in [6.45, 7) is 20.6. The van der Waals surface area contributed by atoms with E-state index in [0.717, 1.165) is 50.4 Å². The first-order chi connectivity index (χ1) is 22.6. The number of rotatable bonds is 20. The number of carbonyl (C=O) groups excluding carboxylic acids is 2. The fourth-order valence-electron chi connectivity index (χ4n) is 7.09. The third-order valence-corrected chi connectivity index (χ3v) is 10.4. The van der Waals surface area contributed by atoms with Crippen LogP contribution in [0, 0.1) is 18.8 Å². The van der Waals surface area contributed by atoms with Crippen LogP contribution in [0.25, 0.3) is 11.1 Å². The Balaban J connectivity index is 1.96. The standard InChI is InChI=1S/C44H62O3/c1-9-34(10-2)16-14-19-42-38(17-12-13-20-43(45)31(4)5)29-40(30-39(42)18-15-27-47-44(46)32(6)7)41-26-25-37(28-33(41)8)36-23-21-35(11-3)22-24-36/h21,23,25-26,28-30,34-36H,4,6,9-20,22,24,27H2,1-3,5,7-8H3. The number of ether oxygens (including phenoxy) is 1. The predicted octanol–water partition coefficient (Wildman–Crippen LogP) is 11.8. The predicted molar refractivity (Wildman–Crippen MR) is 200 cm³/mol. The minimum atomic E-state index is -0.317. The molecule has 0 radical (unpaired) electrons. The molecule has 0 saturated carbocycles. The molecule has 3 nitrogen and oxygen atoms in total. The van der Waals surface area contributed by atoms with Gasteiger partial charge in [0.15, 0.2) is 5.78 Å². The fourth-order valence-corrected chi connectivity index (χ4v) is 7.09. The Morgan fingerprint density at radius 1 is 0.851 bits per heavy atom. The van der Waals surface area contributed by atoms with Gasteiger partial charge in [0.1, 0.15) is 0 Å². The molecule has 2 unspecified atom stereocenters. The second-order valence-corrected chi connectivity index (χ2v) is 14.1. The topological polar surface area (TPSA) is 43.4 Å². The largest absolute Gasteiger partial charge is 0.462 e. The molecular weight excluding hydrogens is 576 g/mol. The molecular formula is C44H62O3. The second kappa shape index (κ2) is 19.6. The number of hydrogen-bond acceptors (Lipinski definition) is 3. The summed E-state index contributed by atoms with van der Waals surface area (Å²) in [5, 5.41) is 0. The Morgan fingerprint density at radius 3 is 2.13 bits per heavy atom. The SMILES string of the molecule is C=C(C)C(=O)CCCCc1cc(-c2ccc(C3C=CC(CC)CC3)cc2C)cc(CCCOC(=O)C(=C)C)c1CCCC(CC)CC. The fraction of sp³-hybridized carbons (Fsp3) is 0.545. The van der Waals surface area contributed by atoms with Crippen LogP contribution < -0.4 is 0 Å². The highest BCUT2D eigenvalue weighted by Gasteiger charge is 2.19. The molecule has 0 aliphatic heterocycles. The van der Waals surface area contributed by atoms with Crippen LogP contribution in [0.15, 0.2) is 66.8 Å². The zero-order chi connectivity index (χ0) is 34.3. The Morgan fingerprint density at radius 2 is 1.55 bits per heavy atom. The summed E-state index contributed by atoms with van der Waals surface area (Å²) in [6.07, 6.45) is 19.5. The van der Waals surface area contributed by atoms with Crippen LogP contribution in [-0.4, -0.2) is 18.4 Å². The van der Waals surface area contributed by atoms with Gasteiger partial charge in [-0.1, -0.05) is 95.7 Å². The summed E-state index contributed by atoms with van der Waals surface area (Å²) >= 11 is 0. The number of carbonyl (C=O) groups is 2. The molecule has 0 heterocycles. The van der Waals surface area contributed by atoms with Gasteiger partial charge in [-0.15, -0.1) is 0 Å². The van der Waals surface area contributed by atoms with Crippen molar-refractivity contribution in [1.82, 2.24) is 0 Å². The maximum atomic E-state index is 12.3. The molecule has 3 heteroatoms. The van der Waals surface area contributed by atoms with Crippen molar-refractivity contribution >= 4 is 11.8 Å². The van der Waals surface area contributed by atoms with Crippen LogP contribution in [0.1, 0.15) is 139 Å². The molecule has 0 aromatic heterocycles. The van der Waals surface area contributed by atoms with Crippen LogP contribution >= 0.6 is 0 Å². The molecule has 0 fully saturated rings. The maximum Gasteiger partial charge on any atom is 0.333 e. The average Bonchev–Trinajstić information content (AvgIpc) is 3.07. The minimum Gasteiger partial charge on any atom is -0.462 e. The Bertz CT molecular complexity index is 1330. The first-order valence-electron chi connectivity index (χ1n) is 18.5. The number of allylic oxidation sites excluding steroid dienone is 3. The van der Waals surface area contributed by atoms with Crippen LogP contribution in [0.3, 0.4) is 0 Å². The van der Waals surface area contributed by atoms with Gasteiger partial charge in [-0.2, -0.15) is 0 Å². The Hall–Kier alpha value is -3.20. The zero-order valence-electron chi connectivity index (χ0n) is 30.5. The van der Waals surface area contributed by atoms with Gasteiger partial charge in [-0.3, -0.25) is 4.79 Å². The van der Waals surface area contributed by atoms with E-state index in [1.807, 2.05) is 6.92 Å². The molecule has 2 aromatic rings. The molecule has 2 atom stereocenters. The molecule has 47 heavy (non-hydrogen) atoms. The molecule has 2 aromatic carbocycles. The van der Waals surface area contributed by atoms with Gasteiger partial charge in [0.2, 0.25) is 0 Å². The number of benzene rings is 2. The number of Topliss-reactive ketones (excluding diaryl/α,β-unsaturated/α-hetero) is 1.